The molecule has 0 spiro atoms. The summed E-state index contributed by atoms with van der Waals surface area (Å²) in [6.45, 7) is 5.14. The Morgan fingerprint density at radius 1 is 1.10 bits per heavy atom. The summed E-state index contributed by atoms with van der Waals surface area (Å²) in [6.07, 6.45) is 7.64. The van der Waals surface area contributed by atoms with Crippen LogP contribution in [-0.2, 0) is 9.84 Å². The Labute approximate surface area is 129 Å². The van der Waals surface area contributed by atoms with E-state index in [0.717, 1.165) is 38.6 Å². The average Bonchev–Trinajstić information content (AvgIpc) is 2.46. The smallest absolute Gasteiger partial charge is 0.153 e. The number of nitrogens with zero attached hydrogens (tertiary/aromatic N) is 1. The van der Waals surface area contributed by atoms with Crippen molar-refractivity contribution in [1.29, 1.82) is 0 Å². The molecule has 2 rings (SSSR count). The van der Waals surface area contributed by atoms with Crippen LogP contribution in [-0.4, -0.2) is 54.7 Å². The van der Waals surface area contributed by atoms with E-state index in [9.17, 15) is 13.5 Å². The van der Waals surface area contributed by atoms with E-state index in [1.54, 1.807) is 13.8 Å². The molecule has 0 aromatic heterocycles. The summed E-state index contributed by atoms with van der Waals surface area (Å²) >= 11 is 0. The van der Waals surface area contributed by atoms with Crippen LogP contribution in [0.4, 0.5) is 0 Å². The number of rotatable bonds is 5. The zero-order valence-corrected chi connectivity index (χ0v) is 14.3. The number of sulfone groups is 1. The molecule has 0 aromatic rings. The number of aliphatic hydroxyl groups is 1. The number of aliphatic hydroxyl groups excluding tert-OH is 1. The molecule has 5 heteroatoms. The van der Waals surface area contributed by atoms with Crippen LogP contribution < -0.4 is 0 Å². The summed E-state index contributed by atoms with van der Waals surface area (Å²) in [4.78, 5) is 2.35. The molecule has 4 nitrogen and oxygen atoms in total. The van der Waals surface area contributed by atoms with Gasteiger partial charge in [0, 0.05) is 18.5 Å². The van der Waals surface area contributed by atoms with Gasteiger partial charge >= 0.3 is 0 Å². The van der Waals surface area contributed by atoms with Crippen LogP contribution in [0.5, 0.6) is 0 Å². The van der Waals surface area contributed by atoms with Crippen molar-refractivity contribution >= 4 is 9.84 Å². The second-order valence-corrected chi connectivity index (χ2v) is 9.71. The molecule has 0 bridgehead atoms. The van der Waals surface area contributed by atoms with Gasteiger partial charge in [-0.25, -0.2) is 8.42 Å². The van der Waals surface area contributed by atoms with Crippen molar-refractivity contribution in [3.63, 3.8) is 0 Å². The minimum absolute atomic E-state index is 0.189. The van der Waals surface area contributed by atoms with E-state index < -0.39 is 9.84 Å². The Balaban J connectivity index is 1.98. The second kappa shape index (κ2) is 7.42. The van der Waals surface area contributed by atoms with E-state index in [4.69, 9.17) is 0 Å². The first-order valence-electron chi connectivity index (χ1n) is 8.55. The van der Waals surface area contributed by atoms with Gasteiger partial charge in [-0.1, -0.05) is 19.3 Å². The van der Waals surface area contributed by atoms with Crippen LogP contribution in [0, 0.1) is 5.92 Å². The first-order valence-corrected chi connectivity index (χ1v) is 10.3. The Kier molecular flexibility index (Phi) is 6.09. The molecule has 1 saturated heterocycles. The molecule has 2 fully saturated rings. The molecule has 0 amide bonds. The third kappa shape index (κ3) is 4.42. The van der Waals surface area contributed by atoms with Crippen molar-refractivity contribution in [3.05, 3.63) is 0 Å². The van der Waals surface area contributed by atoms with Gasteiger partial charge < -0.3 is 5.11 Å². The van der Waals surface area contributed by atoms with Gasteiger partial charge in [0.05, 0.1) is 17.1 Å². The van der Waals surface area contributed by atoms with E-state index in [0.29, 0.717) is 18.5 Å². The van der Waals surface area contributed by atoms with Gasteiger partial charge in [0.1, 0.15) is 0 Å². The molecule has 1 aliphatic carbocycles. The fourth-order valence-electron chi connectivity index (χ4n) is 3.85. The maximum Gasteiger partial charge on any atom is 0.153 e. The van der Waals surface area contributed by atoms with Gasteiger partial charge in [-0.3, -0.25) is 4.90 Å². The monoisotopic (exact) mass is 317 g/mol. The minimum Gasteiger partial charge on any atom is -0.393 e. The standard InChI is InChI=1S/C16H31NO3S/c1-13(2)21(19,20)12-11-17-10-6-5-8-15(17)14-7-3-4-9-16(14)18/h13-16,18H,3-12H2,1-2H3. The van der Waals surface area contributed by atoms with Crippen molar-refractivity contribution in [2.75, 3.05) is 18.8 Å². The van der Waals surface area contributed by atoms with Gasteiger partial charge in [-0.05, 0) is 46.1 Å². The molecule has 0 aromatic carbocycles. The summed E-state index contributed by atoms with van der Waals surface area (Å²) in [5.41, 5.74) is 0. The van der Waals surface area contributed by atoms with Gasteiger partial charge in [0.15, 0.2) is 9.84 Å². The lowest BCUT2D eigenvalue weighted by Crippen LogP contribution is -2.50. The van der Waals surface area contributed by atoms with E-state index in [1.807, 2.05) is 0 Å². The largest absolute Gasteiger partial charge is 0.393 e. The number of piperidine rings is 1. The second-order valence-electron chi connectivity index (χ2n) is 7.03. The van der Waals surface area contributed by atoms with Gasteiger partial charge in [-0.2, -0.15) is 0 Å². The maximum absolute atomic E-state index is 12.0. The van der Waals surface area contributed by atoms with Crippen molar-refractivity contribution in [2.45, 2.75) is 76.2 Å². The summed E-state index contributed by atoms with van der Waals surface area (Å²) in [5.74, 6) is 0.602. The van der Waals surface area contributed by atoms with Gasteiger partial charge in [0.25, 0.3) is 0 Å². The van der Waals surface area contributed by atoms with E-state index >= 15 is 0 Å². The lowest BCUT2D eigenvalue weighted by atomic mass is 9.78. The van der Waals surface area contributed by atoms with E-state index in [-0.39, 0.29) is 17.1 Å². The highest BCUT2D eigenvalue weighted by molar-refractivity contribution is 7.92. The van der Waals surface area contributed by atoms with E-state index in [1.165, 1.54) is 12.8 Å². The predicted octanol–water partition coefficient (Wildman–Crippen LogP) is 2.22. The highest BCUT2D eigenvalue weighted by atomic mass is 32.2. The fraction of sp³-hybridized carbons (Fsp3) is 1.00. The van der Waals surface area contributed by atoms with Crippen LogP contribution in [0.1, 0.15) is 58.8 Å². The Bertz CT molecular complexity index is 421. The molecule has 1 N–H and O–H groups in total. The summed E-state index contributed by atoms with van der Waals surface area (Å²) in [5, 5.41) is 10.0. The quantitative estimate of drug-likeness (QED) is 0.845. The zero-order valence-electron chi connectivity index (χ0n) is 13.5. The Morgan fingerprint density at radius 3 is 2.43 bits per heavy atom. The number of hydrogen-bond acceptors (Lipinski definition) is 4. The normalized spacial score (nSPS) is 32.5. The number of likely N-dealkylation sites (tertiary alicyclic amines) is 1. The first kappa shape index (κ1) is 17.2. The lowest BCUT2D eigenvalue weighted by Gasteiger charge is -2.43. The summed E-state index contributed by atoms with van der Waals surface area (Å²) in [6, 6.07) is 0.386. The molecule has 124 valence electrons. The molecule has 2 aliphatic rings. The molecular weight excluding hydrogens is 286 g/mol. The van der Waals surface area contributed by atoms with Crippen LogP contribution in [0.2, 0.25) is 0 Å². The molecular formula is C16H31NO3S. The average molecular weight is 317 g/mol. The third-order valence-corrected chi connectivity index (χ3v) is 7.51. The maximum atomic E-state index is 12.0. The third-order valence-electron chi connectivity index (χ3n) is 5.32. The SMILES string of the molecule is CC(C)S(=O)(=O)CCN1CCCCC1C1CCCCC1O. The molecule has 21 heavy (non-hydrogen) atoms. The Morgan fingerprint density at radius 2 is 1.76 bits per heavy atom. The molecule has 0 radical (unpaired) electrons. The van der Waals surface area contributed by atoms with Crippen LogP contribution in [0.3, 0.4) is 0 Å². The molecule has 1 heterocycles. The van der Waals surface area contributed by atoms with Crippen molar-refractivity contribution < 1.29 is 13.5 Å². The van der Waals surface area contributed by atoms with Crippen molar-refractivity contribution in [2.24, 2.45) is 5.92 Å². The van der Waals surface area contributed by atoms with Crippen LogP contribution in [0.15, 0.2) is 0 Å². The fourth-order valence-corrected chi connectivity index (χ4v) is 4.81. The molecule has 3 atom stereocenters. The zero-order chi connectivity index (χ0) is 15.5. The van der Waals surface area contributed by atoms with Crippen molar-refractivity contribution in [1.82, 2.24) is 4.90 Å². The van der Waals surface area contributed by atoms with Gasteiger partial charge in [-0.15, -0.1) is 0 Å². The molecule has 3 unspecified atom stereocenters. The lowest BCUT2D eigenvalue weighted by molar-refractivity contribution is -0.00333. The molecule has 1 aliphatic heterocycles. The Hall–Kier alpha value is -0.130. The number of hydrogen-bond donors (Lipinski definition) is 1. The van der Waals surface area contributed by atoms with Crippen molar-refractivity contribution in [3.8, 4) is 0 Å². The van der Waals surface area contributed by atoms with E-state index in [2.05, 4.69) is 4.90 Å². The minimum atomic E-state index is -2.97. The van der Waals surface area contributed by atoms with Crippen LogP contribution >= 0.6 is 0 Å². The summed E-state index contributed by atoms with van der Waals surface area (Å²) < 4.78 is 24.1. The summed E-state index contributed by atoms with van der Waals surface area (Å²) in [7, 11) is -2.97. The first-order chi connectivity index (χ1) is 9.92. The van der Waals surface area contributed by atoms with Gasteiger partial charge in [0.2, 0.25) is 0 Å². The highest BCUT2D eigenvalue weighted by Gasteiger charge is 2.35. The predicted molar refractivity (Wildman–Crippen MR) is 86.1 cm³/mol. The topological polar surface area (TPSA) is 57.6 Å². The van der Waals surface area contributed by atoms with Crippen LogP contribution in [0.25, 0.3) is 0 Å². The highest BCUT2D eigenvalue weighted by Crippen LogP contribution is 2.34. The molecule has 1 saturated carbocycles.